The molecular formula is C15H17F6IO3S. The second kappa shape index (κ2) is 9.09. The van der Waals surface area contributed by atoms with E-state index in [4.69, 9.17) is 4.55 Å². The van der Waals surface area contributed by atoms with Gasteiger partial charge in [0.25, 0.3) is 0 Å². The molecule has 0 saturated heterocycles. The van der Waals surface area contributed by atoms with Crippen LogP contribution >= 0.6 is 22.6 Å². The SMILES string of the molecule is Ic1ccc(C2CCCCC2)cc1.O=S(=O)(O)C(F)(F)C(F)(F)C(F)F. The van der Waals surface area contributed by atoms with Crippen LogP contribution in [0.3, 0.4) is 0 Å². The molecule has 1 saturated carbocycles. The molecule has 0 bridgehead atoms. The number of alkyl halides is 6. The highest BCUT2D eigenvalue weighted by molar-refractivity contribution is 14.1. The maximum Gasteiger partial charge on any atom is 0.437 e. The standard InChI is InChI=1S/C12H15I.C3H2F6O3S/c13-12-8-6-11(7-9-12)10-4-2-1-3-5-10;4-1(5)2(6,7)3(8,9)13(10,11)12/h6-10H,1-5H2;1H,(H,10,11,12). The van der Waals surface area contributed by atoms with Gasteiger partial charge in [-0.25, -0.2) is 8.78 Å². The summed E-state index contributed by atoms with van der Waals surface area (Å²) in [5.74, 6) is -5.27. The molecule has 2 rings (SSSR count). The van der Waals surface area contributed by atoms with Crippen molar-refractivity contribution in [3.63, 3.8) is 0 Å². The van der Waals surface area contributed by atoms with Gasteiger partial charge in [-0.05, 0) is 59.0 Å². The molecule has 1 aliphatic carbocycles. The lowest BCUT2D eigenvalue weighted by molar-refractivity contribution is -0.227. The molecule has 3 nitrogen and oxygen atoms in total. The first-order valence-corrected chi connectivity index (χ1v) is 10.1. The Morgan fingerprint density at radius 2 is 1.46 bits per heavy atom. The van der Waals surface area contributed by atoms with Crippen LogP contribution in [0, 0.1) is 3.57 Å². The van der Waals surface area contributed by atoms with Gasteiger partial charge in [0.15, 0.2) is 0 Å². The van der Waals surface area contributed by atoms with Crippen LogP contribution in [0.2, 0.25) is 0 Å². The highest BCUT2D eigenvalue weighted by atomic mass is 127. The molecule has 0 heterocycles. The Morgan fingerprint density at radius 3 is 1.81 bits per heavy atom. The van der Waals surface area contributed by atoms with E-state index in [0.717, 1.165) is 5.92 Å². The van der Waals surface area contributed by atoms with Gasteiger partial charge in [-0.15, -0.1) is 0 Å². The zero-order chi connectivity index (χ0) is 20.2. The zero-order valence-corrected chi connectivity index (χ0v) is 16.3. The average molecular weight is 518 g/mol. The second-order valence-electron chi connectivity index (χ2n) is 5.80. The molecule has 0 aromatic heterocycles. The number of hydrogen-bond acceptors (Lipinski definition) is 2. The van der Waals surface area contributed by atoms with Gasteiger partial charge in [0.05, 0.1) is 0 Å². The van der Waals surface area contributed by atoms with Gasteiger partial charge in [0.2, 0.25) is 0 Å². The van der Waals surface area contributed by atoms with Crippen molar-refractivity contribution in [2.75, 3.05) is 0 Å². The summed E-state index contributed by atoms with van der Waals surface area (Å²) in [4.78, 5) is 0. The number of benzene rings is 1. The first kappa shape index (κ1) is 23.5. The largest absolute Gasteiger partial charge is 0.437 e. The predicted octanol–water partition coefficient (Wildman–Crippen LogP) is 5.71. The molecule has 0 aliphatic heterocycles. The highest BCUT2D eigenvalue weighted by Crippen LogP contribution is 2.42. The third-order valence-corrected chi connectivity index (χ3v) is 5.57. The summed E-state index contributed by atoms with van der Waals surface area (Å²) in [5.41, 5.74) is 1.56. The molecular weight excluding hydrogens is 501 g/mol. The molecule has 1 aromatic carbocycles. The minimum atomic E-state index is -6.57. The fourth-order valence-electron chi connectivity index (χ4n) is 2.47. The lowest BCUT2D eigenvalue weighted by atomic mass is 9.84. The van der Waals surface area contributed by atoms with E-state index >= 15 is 0 Å². The van der Waals surface area contributed by atoms with Crippen LogP contribution < -0.4 is 0 Å². The Labute approximate surface area is 161 Å². The Balaban J connectivity index is 0.000000260. The van der Waals surface area contributed by atoms with Crippen LogP contribution in [0.15, 0.2) is 24.3 Å². The van der Waals surface area contributed by atoms with Crippen LogP contribution in [0.25, 0.3) is 0 Å². The van der Waals surface area contributed by atoms with Gasteiger partial charge >= 0.3 is 27.7 Å². The molecule has 0 atom stereocenters. The summed E-state index contributed by atoms with van der Waals surface area (Å²) >= 11 is 2.37. The molecule has 0 radical (unpaired) electrons. The Bertz CT molecular complexity index is 673. The molecule has 1 N–H and O–H groups in total. The molecule has 1 aliphatic rings. The van der Waals surface area contributed by atoms with Crippen molar-refractivity contribution in [1.29, 1.82) is 0 Å². The van der Waals surface area contributed by atoms with Crippen molar-refractivity contribution < 1.29 is 39.3 Å². The Kier molecular flexibility index (Phi) is 8.21. The molecule has 11 heteroatoms. The van der Waals surface area contributed by atoms with Crippen LogP contribution in [-0.2, 0) is 10.1 Å². The third kappa shape index (κ3) is 5.72. The van der Waals surface area contributed by atoms with Gasteiger partial charge in [0.1, 0.15) is 0 Å². The van der Waals surface area contributed by atoms with Crippen LogP contribution in [0.5, 0.6) is 0 Å². The summed E-state index contributed by atoms with van der Waals surface area (Å²) in [7, 11) is -6.57. The predicted molar refractivity (Wildman–Crippen MR) is 92.4 cm³/mol. The maximum atomic E-state index is 11.9. The smallest absolute Gasteiger partial charge is 0.281 e. The molecule has 1 aromatic rings. The molecule has 26 heavy (non-hydrogen) atoms. The van der Waals surface area contributed by atoms with E-state index in [1.54, 1.807) is 5.56 Å². The van der Waals surface area contributed by atoms with E-state index in [9.17, 15) is 34.8 Å². The fourth-order valence-corrected chi connectivity index (χ4v) is 3.26. The van der Waals surface area contributed by atoms with E-state index in [0.29, 0.717) is 0 Å². The summed E-state index contributed by atoms with van der Waals surface area (Å²) in [6, 6.07) is 9.06. The minimum absolute atomic E-state index is 0.853. The van der Waals surface area contributed by atoms with E-state index in [1.165, 1.54) is 35.7 Å². The quantitative estimate of drug-likeness (QED) is 0.316. The van der Waals surface area contributed by atoms with E-state index in [1.807, 2.05) is 0 Å². The van der Waals surface area contributed by atoms with Crippen LogP contribution in [0.4, 0.5) is 26.3 Å². The monoisotopic (exact) mass is 518 g/mol. The van der Waals surface area contributed by atoms with Crippen molar-refractivity contribution in [3.8, 4) is 0 Å². The normalized spacial score (nSPS) is 17.0. The van der Waals surface area contributed by atoms with Gasteiger partial charge in [-0.3, -0.25) is 4.55 Å². The average Bonchev–Trinajstić information content (AvgIpc) is 2.55. The van der Waals surface area contributed by atoms with Crippen molar-refractivity contribution in [3.05, 3.63) is 33.4 Å². The van der Waals surface area contributed by atoms with Crippen molar-refractivity contribution in [1.82, 2.24) is 0 Å². The number of halogens is 7. The second-order valence-corrected chi connectivity index (χ2v) is 8.51. The zero-order valence-electron chi connectivity index (χ0n) is 13.3. The van der Waals surface area contributed by atoms with E-state index in [-0.39, 0.29) is 0 Å². The van der Waals surface area contributed by atoms with Gasteiger partial charge in [0, 0.05) is 3.57 Å². The lowest BCUT2D eigenvalue weighted by Gasteiger charge is -2.22. The first-order chi connectivity index (χ1) is 11.8. The van der Waals surface area contributed by atoms with Gasteiger partial charge in [-0.1, -0.05) is 31.4 Å². The summed E-state index contributed by atoms with van der Waals surface area (Å²) in [6.07, 6.45) is 2.21. The molecule has 0 spiro atoms. The van der Waals surface area contributed by atoms with E-state index < -0.39 is 27.7 Å². The molecule has 0 unspecified atom stereocenters. The molecule has 0 amide bonds. The minimum Gasteiger partial charge on any atom is -0.281 e. The summed E-state index contributed by atoms with van der Waals surface area (Å²) in [5, 5.41) is -6.20. The van der Waals surface area contributed by atoms with Crippen LogP contribution in [-0.4, -0.2) is 30.6 Å². The topological polar surface area (TPSA) is 54.4 Å². The van der Waals surface area contributed by atoms with Crippen molar-refractivity contribution >= 4 is 32.7 Å². The molecule has 150 valence electrons. The number of rotatable bonds is 4. The maximum absolute atomic E-state index is 11.9. The fraction of sp³-hybridized carbons (Fsp3) is 0.600. The van der Waals surface area contributed by atoms with Gasteiger partial charge < -0.3 is 0 Å². The van der Waals surface area contributed by atoms with Gasteiger partial charge in [-0.2, -0.15) is 26.0 Å². The Morgan fingerprint density at radius 1 is 1.00 bits per heavy atom. The molecule has 1 fully saturated rings. The van der Waals surface area contributed by atoms with E-state index in [2.05, 4.69) is 46.9 Å². The van der Waals surface area contributed by atoms with Crippen LogP contribution in [0.1, 0.15) is 43.6 Å². The summed E-state index contributed by atoms with van der Waals surface area (Å²) in [6.45, 7) is 0. The lowest BCUT2D eigenvalue weighted by Crippen LogP contribution is -2.51. The highest BCUT2D eigenvalue weighted by Gasteiger charge is 2.70. The summed E-state index contributed by atoms with van der Waals surface area (Å²) < 4.78 is 97.9. The van der Waals surface area contributed by atoms with Crippen molar-refractivity contribution in [2.24, 2.45) is 0 Å². The number of hydrogen-bond donors (Lipinski definition) is 1. The third-order valence-electron chi connectivity index (χ3n) is 3.93. The first-order valence-electron chi connectivity index (χ1n) is 7.57. The van der Waals surface area contributed by atoms with Crippen molar-refractivity contribution in [2.45, 2.75) is 55.6 Å². The Hall–Kier alpha value is -0.560.